The zero-order valence-corrected chi connectivity index (χ0v) is 15.3. The third-order valence-electron chi connectivity index (χ3n) is 5.46. The summed E-state index contributed by atoms with van der Waals surface area (Å²) < 4.78 is 68.1. The van der Waals surface area contributed by atoms with Crippen molar-refractivity contribution in [2.45, 2.75) is 55.7 Å². The van der Waals surface area contributed by atoms with E-state index < -0.39 is 27.5 Å². The predicted octanol–water partition coefficient (Wildman–Crippen LogP) is 3.60. The zero-order chi connectivity index (χ0) is 19.2. The van der Waals surface area contributed by atoms with Crippen LogP contribution in [0.3, 0.4) is 0 Å². The lowest BCUT2D eigenvalue weighted by atomic mass is 10.00. The van der Waals surface area contributed by atoms with Gasteiger partial charge in [0.2, 0.25) is 10.0 Å². The topological polar surface area (TPSA) is 55.2 Å². The predicted molar refractivity (Wildman–Crippen MR) is 93.2 cm³/mol. The van der Waals surface area contributed by atoms with Gasteiger partial charge in [-0.15, -0.1) is 0 Å². The summed E-state index contributed by atoms with van der Waals surface area (Å²) in [7, 11) is -3.69. The minimum absolute atomic E-state index is 0.117. The Morgan fingerprint density at radius 1 is 1.07 bits per heavy atom. The van der Waals surface area contributed by atoms with Crippen LogP contribution in [-0.2, 0) is 22.0 Å². The molecule has 0 spiro atoms. The molecule has 4 rings (SSSR count). The number of sulfonamides is 1. The quantitative estimate of drug-likeness (QED) is 0.789. The molecule has 3 heterocycles. The molecule has 2 bridgehead atoms. The third kappa shape index (κ3) is 3.62. The Hall–Kier alpha value is -1.87. The van der Waals surface area contributed by atoms with Crippen molar-refractivity contribution in [2.75, 3.05) is 0 Å². The summed E-state index contributed by atoms with van der Waals surface area (Å²) in [5, 5.41) is 4.27. The second-order valence-electron chi connectivity index (χ2n) is 7.28. The molecule has 2 aliphatic rings. The molecule has 1 aromatic carbocycles. The fraction of sp³-hybridized carbons (Fsp3) is 0.500. The molecule has 0 N–H and O–H groups in total. The van der Waals surface area contributed by atoms with Gasteiger partial charge in [-0.2, -0.15) is 22.6 Å². The van der Waals surface area contributed by atoms with Crippen LogP contribution in [-0.4, -0.2) is 34.6 Å². The number of hydrogen-bond donors (Lipinski definition) is 0. The first-order valence-electron chi connectivity index (χ1n) is 8.90. The van der Waals surface area contributed by atoms with Gasteiger partial charge in [-0.1, -0.05) is 18.2 Å². The smallest absolute Gasteiger partial charge is 0.270 e. The van der Waals surface area contributed by atoms with Crippen LogP contribution in [0.25, 0.3) is 0 Å². The third-order valence-corrected chi connectivity index (χ3v) is 7.40. The molecule has 2 aliphatic heterocycles. The number of benzene rings is 1. The minimum Gasteiger partial charge on any atom is -0.270 e. The first kappa shape index (κ1) is 18.5. The molecule has 2 fully saturated rings. The standard InChI is InChI=1S/C18H20F3N3O2S/c19-18(20,21)14-4-1-3-13(9-14)12-27(25,26)24-15-5-6-16(24)11-17(10-15)23-8-2-7-22-23/h1-4,7-9,15-17H,5-6,10-12H2. The summed E-state index contributed by atoms with van der Waals surface area (Å²) in [5.41, 5.74) is -0.658. The molecule has 1 aromatic heterocycles. The summed E-state index contributed by atoms with van der Waals surface area (Å²) in [4.78, 5) is 0. The van der Waals surface area contributed by atoms with Crippen LogP contribution in [0.2, 0.25) is 0 Å². The Bertz CT molecular complexity index is 898. The number of rotatable bonds is 4. The van der Waals surface area contributed by atoms with Crippen molar-refractivity contribution < 1.29 is 21.6 Å². The van der Waals surface area contributed by atoms with Gasteiger partial charge in [0.15, 0.2) is 0 Å². The van der Waals surface area contributed by atoms with Crippen LogP contribution in [0.5, 0.6) is 0 Å². The van der Waals surface area contributed by atoms with Gasteiger partial charge in [0.25, 0.3) is 0 Å². The van der Waals surface area contributed by atoms with Crippen molar-refractivity contribution in [3.63, 3.8) is 0 Å². The van der Waals surface area contributed by atoms with Gasteiger partial charge in [0, 0.05) is 24.5 Å². The second kappa shape index (κ2) is 6.63. The van der Waals surface area contributed by atoms with Gasteiger partial charge in [0.05, 0.1) is 17.4 Å². The highest BCUT2D eigenvalue weighted by atomic mass is 32.2. The average molecular weight is 399 g/mol. The Labute approximate surface area is 155 Å². The van der Waals surface area contributed by atoms with E-state index in [0.29, 0.717) is 12.8 Å². The lowest BCUT2D eigenvalue weighted by Crippen LogP contribution is -2.47. The van der Waals surface area contributed by atoms with Crippen molar-refractivity contribution in [3.05, 3.63) is 53.9 Å². The number of nitrogens with zero attached hydrogens (tertiary/aromatic N) is 3. The summed E-state index contributed by atoms with van der Waals surface area (Å²) >= 11 is 0. The zero-order valence-electron chi connectivity index (χ0n) is 14.5. The van der Waals surface area contributed by atoms with Gasteiger partial charge < -0.3 is 0 Å². The molecule has 0 amide bonds. The largest absolute Gasteiger partial charge is 0.416 e. The number of hydrogen-bond acceptors (Lipinski definition) is 3. The van der Waals surface area contributed by atoms with Crippen LogP contribution < -0.4 is 0 Å². The average Bonchev–Trinajstić information content (AvgIpc) is 3.21. The monoisotopic (exact) mass is 399 g/mol. The Morgan fingerprint density at radius 3 is 2.37 bits per heavy atom. The molecule has 9 heteroatoms. The van der Waals surface area contributed by atoms with Gasteiger partial charge in [-0.05, 0) is 43.4 Å². The number of piperidine rings is 1. The van der Waals surface area contributed by atoms with Gasteiger partial charge in [0.1, 0.15) is 0 Å². The molecule has 146 valence electrons. The second-order valence-corrected chi connectivity index (χ2v) is 9.15. The summed E-state index contributed by atoms with van der Waals surface area (Å²) in [6, 6.07) is 6.35. The van der Waals surface area contributed by atoms with Gasteiger partial charge >= 0.3 is 6.18 Å². The SMILES string of the molecule is O=S(=O)(Cc1cccc(C(F)(F)F)c1)N1C2CCC1CC(n1cccn1)C2. The molecular weight excluding hydrogens is 379 g/mol. The van der Waals surface area contributed by atoms with E-state index in [2.05, 4.69) is 5.10 Å². The Kier molecular flexibility index (Phi) is 4.54. The van der Waals surface area contributed by atoms with Crippen molar-refractivity contribution in [2.24, 2.45) is 0 Å². The Morgan fingerprint density at radius 2 is 1.78 bits per heavy atom. The van der Waals surface area contributed by atoms with Crippen LogP contribution in [0.1, 0.15) is 42.9 Å². The van der Waals surface area contributed by atoms with E-state index >= 15 is 0 Å². The first-order chi connectivity index (χ1) is 12.7. The maximum atomic E-state index is 13.0. The molecule has 27 heavy (non-hydrogen) atoms. The van der Waals surface area contributed by atoms with Crippen LogP contribution in [0.15, 0.2) is 42.7 Å². The van der Waals surface area contributed by atoms with E-state index in [9.17, 15) is 21.6 Å². The van der Waals surface area contributed by atoms with E-state index in [1.54, 1.807) is 10.5 Å². The normalized spacial score (nSPS) is 26.4. The van der Waals surface area contributed by atoms with E-state index in [1.165, 1.54) is 12.1 Å². The molecule has 2 unspecified atom stereocenters. The molecule has 0 radical (unpaired) electrons. The van der Waals surface area contributed by atoms with Gasteiger partial charge in [-0.3, -0.25) is 4.68 Å². The fourth-order valence-electron chi connectivity index (χ4n) is 4.39. The number of fused-ring (bicyclic) bond motifs is 2. The fourth-order valence-corrected chi connectivity index (χ4v) is 6.44. The summed E-state index contributed by atoms with van der Waals surface area (Å²) in [6.07, 6.45) is 2.03. The molecule has 5 nitrogen and oxygen atoms in total. The highest BCUT2D eigenvalue weighted by Gasteiger charge is 2.47. The summed E-state index contributed by atoms with van der Waals surface area (Å²) in [6.45, 7) is 0. The highest BCUT2D eigenvalue weighted by molar-refractivity contribution is 7.88. The van der Waals surface area contributed by atoms with E-state index in [4.69, 9.17) is 0 Å². The molecule has 0 aliphatic carbocycles. The number of aromatic nitrogens is 2. The van der Waals surface area contributed by atoms with Crippen molar-refractivity contribution in [3.8, 4) is 0 Å². The summed E-state index contributed by atoms with van der Waals surface area (Å²) in [5.74, 6) is -0.406. The van der Waals surface area contributed by atoms with E-state index in [1.807, 2.05) is 16.9 Å². The highest BCUT2D eigenvalue weighted by Crippen LogP contribution is 2.43. The Balaban J connectivity index is 1.53. The maximum absolute atomic E-state index is 13.0. The van der Waals surface area contributed by atoms with E-state index in [0.717, 1.165) is 25.0 Å². The number of halogens is 3. The first-order valence-corrected chi connectivity index (χ1v) is 10.5. The molecule has 2 saturated heterocycles. The van der Waals surface area contributed by atoms with Crippen molar-refractivity contribution in [1.82, 2.24) is 14.1 Å². The molecule has 2 atom stereocenters. The van der Waals surface area contributed by atoms with Crippen LogP contribution >= 0.6 is 0 Å². The lowest BCUT2D eigenvalue weighted by molar-refractivity contribution is -0.137. The molecule has 2 aromatic rings. The number of alkyl halides is 3. The van der Waals surface area contributed by atoms with Crippen molar-refractivity contribution in [1.29, 1.82) is 0 Å². The van der Waals surface area contributed by atoms with E-state index in [-0.39, 0.29) is 23.7 Å². The van der Waals surface area contributed by atoms with Crippen molar-refractivity contribution >= 4 is 10.0 Å². The minimum atomic E-state index is -4.49. The molecule has 0 saturated carbocycles. The van der Waals surface area contributed by atoms with Crippen LogP contribution in [0.4, 0.5) is 13.2 Å². The van der Waals surface area contributed by atoms with Crippen LogP contribution in [0, 0.1) is 0 Å². The maximum Gasteiger partial charge on any atom is 0.416 e. The van der Waals surface area contributed by atoms with Gasteiger partial charge in [-0.25, -0.2) is 8.42 Å². The lowest BCUT2D eigenvalue weighted by Gasteiger charge is -2.38. The molecular formula is C18H20F3N3O2S.